The van der Waals surface area contributed by atoms with Crippen molar-refractivity contribution in [1.29, 1.82) is 0 Å². The molecular weight excluding hydrogens is 282 g/mol. The zero-order chi connectivity index (χ0) is 16.8. The Morgan fingerprint density at radius 2 is 2.14 bits per heavy atom. The monoisotopic (exact) mass is 307 g/mol. The van der Waals surface area contributed by atoms with Crippen LogP contribution in [0.15, 0.2) is 24.3 Å². The number of nitrogens with two attached hydrogens (primary N) is 1. The summed E-state index contributed by atoms with van der Waals surface area (Å²) in [6.07, 6.45) is 1.57. The summed E-state index contributed by atoms with van der Waals surface area (Å²) in [5.74, 6) is 0.353. The lowest BCUT2D eigenvalue weighted by atomic mass is 9.90. The van der Waals surface area contributed by atoms with E-state index in [9.17, 15) is 14.9 Å². The van der Waals surface area contributed by atoms with E-state index in [1.807, 2.05) is 6.92 Å². The zero-order valence-electron chi connectivity index (χ0n) is 13.5. The van der Waals surface area contributed by atoms with Crippen LogP contribution in [0.2, 0.25) is 0 Å². The lowest BCUT2D eigenvalue weighted by Gasteiger charge is -2.31. The largest absolute Gasteiger partial charge is 0.350 e. The maximum Gasteiger partial charge on any atom is 0.269 e. The summed E-state index contributed by atoms with van der Waals surface area (Å²) in [6.45, 7) is 6.50. The Hall–Kier alpha value is -1.95. The van der Waals surface area contributed by atoms with Gasteiger partial charge in [-0.15, -0.1) is 0 Å². The molecule has 6 heteroatoms. The topological polar surface area (TPSA) is 98.3 Å². The average molecular weight is 307 g/mol. The molecule has 3 N–H and O–H groups in total. The van der Waals surface area contributed by atoms with E-state index in [1.54, 1.807) is 12.1 Å². The molecule has 1 aromatic carbocycles. The molecule has 1 atom stereocenters. The first kappa shape index (κ1) is 18.1. The Kier molecular flexibility index (Phi) is 6.49. The van der Waals surface area contributed by atoms with E-state index in [0.29, 0.717) is 18.9 Å². The number of carbonyl (C=O) groups excluding carboxylic acids is 1. The minimum absolute atomic E-state index is 0.0458. The number of nitrogens with one attached hydrogen (secondary N) is 1. The number of hydrogen-bond donors (Lipinski definition) is 2. The number of amides is 1. The highest BCUT2D eigenvalue weighted by Gasteiger charge is 2.25. The highest BCUT2D eigenvalue weighted by molar-refractivity contribution is 5.77. The van der Waals surface area contributed by atoms with E-state index >= 15 is 0 Å². The van der Waals surface area contributed by atoms with Crippen LogP contribution in [0.25, 0.3) is 0 Å². The molecule has 22 heavy (non-hydrogen) atoms. The van der Waals surface area contributed by atoms with Crippen LogP contribution in [-0.2, 0) is 11.2 Å². The van der Waals surface area contributed by atoms with E-state index in [1.165, 1.54) is 12.1 Å². The van der Waals surface area contributed by atoms with Crippen LogP contribution in [0.1, 0.15) is 39.2 Å². The van der Waals surface area contributed by atoms with Crippen LogP contribution in [0, 0.1) is 16.0 Å². The van der Waals surface area contributed by atoms with Crippen LogP contribution in [0.5, 0.6) is 0 Å². The molecule has 0 aliphatic carbocycles. The summed E-state index contributed by atoms with van der Waals surface area (Å²) in [7, 11) is 0. The second-order valence-corrected chi connectivity index (χ2v) is 6.34. The summed E-state index contributed by atoms with van der Waals surface area (Å²) >= 11 is 0. The quantitative estimate of drug-likeness (QED) is 0.569. The van der Waals surface area contributed by atoms with Gasteiger partial charge >= 0.3 is 0 Å². The van der Waals surface area contributed by atoms with Crippen LogP contribution in [0.3, 0.4) is 0 Å². The second-order valence-electron chi connectivity index (χ2n) is 6.34. The molecule has 1 aromatic rings. The van der Waals surface area contributed by atoms with Crippen LogP contribution >= 0.6 is 0 Å². The number of carbonyl (C=O) groups is 1. The third-order valence-electron chi connectivity index (χ3n) is 3.51. The van der Waals surface area contributed by atoms with Crippen molar-refractivity contribution in [3.63, 3.8) is 0 Å². The number of aryl methyl sites for hydroxylation is 1. The number of hydrogen-bond acceptors (Lipinski definition) is 4. The molecule has 0 saturated carbocycles. The van der Waals surface area contributed by atoms with Gasteiger partial charge in [-0.2, -0.15) is 0 Å². The molecule has 0 aliphatic heterocycles. The van der Waals surface area contributed by atoms with Crippen LogP contribution < -0.4 is 11.1 Å². The fourth-order valence-corrected chi connectivity index (χ4v) is 2.57. The van der Waals surface area contributed by atoms with Gasteiger partial charge in [0.2, 0.25) is 5.91 Å². The van der Waals surface area contributed by atoms with Crippen molar-refractivity contribution >= 4 is 11.6 Å². The Morgan fingerprint density at radius 3 is 2.68 bits per heavy atom. The number of benzene rings is 1. The summed E-state index contributed by atoms with van der Waals surface area (Å²) < 4.78 is 0. The third-order valence-corrected chi connectivity index (χ3v) is 3.51. The van der Waals surface area contributed by atoms with Crippen molar-refractivity contribution in [2.24, 2.45) is 11.7 Å². The van der Waals surface area contributed by atoms with Crippen LogP contribution in [0.4, 0.5) is 5.69 Å². The molecule has 1 rings (SSSR count). The molecular formula is C16H25N3O3. The predicted molar refractivity (Wildman–Crippen MR) is 86.5 cm³/mol. The van der Waals surface area contributed by atoms with E-state index in [4.69, 9.17) is 5.73 Å². The van der Waals surface area contributed by atoms with E-state index in [2.05, 4.69) is 19.2 Å². The minimum atomic E-state index is -0.433. The van der Waals surface area contributed by atoms with Gasteiger partial charge in [0.1, 0.15) is 0 Å². The lowest BCUT2D eigenvalue weighted by molar-refractivity contribution is -0.384. The Morgan fingerprint density at radius 1 is 1.45 bits per heavy atom. The lowest BCUT2D eigenvalue weighted by Crippen LogP contribution is -2.52. The van der Waals surface area contributed by atoms with E-state index in [0.717, 1.165) is 12.0 Å². The molecule has 0 saturated heterocycles. The number of nitrogens with zero attached hydrogens (tertiary/aromatic N) is 1. The Bertz CT molecular complexity index is 531. The molecule has 0 bridgehead atoms. The standard InChI is InChI=1S/C16H25N3O3/c1-12(2)10-16(3,11-17)18-15(20)8-7-13-5-4-6-14(9-13)19(21)22/h4-6,9,12H,7-8,10-11,17H2,1-3H3,(H,18,20). The molecule has 6 nitrogen and oxygen atoms in total. The number of rotatable bonds is 8. The first-order valence-corrected chi connectivity index (χ1v) is 7.50. The molecule has 0 spiro atoms. The maximum atomic E-state index is 12.1. The number of nitro benzene ring substituents is 1. The molecule has 1 amide bonds. The molecule has 0 aliphatic rings. The van der Waals surface area contributed by atoms with Crippen LogP contribution in [-0.4, -0.2) is 22.9 Å². The minimum Gasteiger partial charge on any atom is -0.350 e. The molecule has 0 radical (unpaired) electrons. The van der Waals surface area contributed by atoms with Gasteiger partial charge in [-0.05, 0) is 31.2 Å². The highest BCUT2D eigenvalue weighted by atomic mass is 16.6. The number of non-ortho nitro benzene ring substituents is 1. The van der Waals surface area contributed by atoms with Crippen molar-refractivity contribution in [1.82, 2.24) is 5.32 Å². The van der Waals surface area contributed by atoms with Gasteiger partial charge in [-0.1, -0.05) is 26.0 Å². The summed E-state index contributed by atoms with van der Waals surface area (Å²) in [5.41, 5.74) is 6.19. The molecule has 0 heterocycles. The van der Waals surface area contributed by atoms with Crippen molar-refractivity contribution in [2.75, 3.05) is 6.54 Å². The van der Waals surface area contributed by atoms with Gasteiger partial charge in [-0.3, -0.25) is 14.9 Å². The van der Waals surface area contributed by atoms with Gasteiger partial charge in [0.25, 0.3) is 5.69 Å². The van der Waals surface area contributed by atoms with Crippen molar-refractivity contribution < 1.29 is 9.72 Å². The van der Waals surface area contributed by atoms with Crippen molar-refractivity contribution in [3.8, 4) is 0 Å². The fourth-order valence-electron chi connectivity index (χ4n) is 2.57. The predicted octanol–water partition coefficient (Wildman–Crippen LogP) is 2.41. The third kappa shape index (κ3) is 5.81. The highest BCUT2D eigenvalue weighted by Crippen LogP contribution is 2.17. The van der Waals surface area contributed by atoms with Gasteiger partial charge < -0.3 is 11.1 Å². The maximum absolute atomic E-state index is 12.1. The zero-order valence-corrected chi connectivity index (χ0v) is 13.5. The first-order chi connectivity index (χ1) is 10.3. The Balaban J connectivity index is 2.59. The molecule has 0 aromatic heterocycles. The molecule has 0 fully saturated rings. The van der Waals surface area contributed by atoms with E-state index < -0.39 is 10.5 Å². The van der Waals surface area contributed by atoms with Gasteiger partial charge in [-0.25, -0.2) is 0 Å². The van der Waals surface area contributed by atoms with Crippen molar-refractivity contribution in [3.05, 3.63) is 39.9 Å². The van der Waals surface area contributed by atoms with Gasteiger partial charge in [0.05, 0.1) is 4.92 Å². The Labute approximate surface area is 131 Å². The summed E-state index contributed by atoms with van der Waals surface area (Å²) in [4.78, 5) is 22.4. The number of nitro groups is 1. The summed E-state index contributed by atoms with van der Waals surface area (Å²) in [6, 6.07) is 6.37. The second kappa shape index (κ2) is 7.89. The van der Waals surface area contributed by atoms with Gasteiger partial charge in [0, 0.05) is 30.6 Å². The SMILES string of the molecule is CC(C)CC(C)(CN)NC(=O)CCc1cccc([N+](=O)[O-])c1. The average Bonchev–Trinajstić information content (AvgIpc) is 2.44. The molecule has 1 unspecified atom stereocenters. The smallest absolute Gasteiger partial charge is 0.269 e. The first-order valence-electron chi connectivity index (χ1n) is 7.50. The van der Waals surface area contributed by atoms with Crippen molar-refractivity contribution in [2.45, 2.75) is 45.6 Å². The van der Waals surface area contributed by atoms with E-state index in [-0.39, 0.29) is 18.0 Å². The fraction of sp³-hybridized carbons (Fsp3) is 0.562. The molecule has 122 valence electrons. The normalized spacial score (nSPS) is 13.7. The summed E-state index contributed by atoms with van der Waals surface area (Å²) in [5, 5.41) is 13.7. The van der Waals surface area contributed by atoms with Gasteiger partial charge in [0.15, 0.2) is 0 Å².